The Morgan fingerprint density at radius 2 is 1.24 bits per heavy atom. The molecule has 0 bridgehead atoms. The van der Waals surface area contributed by atoms with Gasteiger partial charge in [-0.15, -0.1) is 0 Å². The molecule has 0 aromatic heterocycles. The van der Waals surface area contributed by atoms with Crippen molar-refractivity contribution < 1.29 is 68.2 Å². The molecule has 8 amide bonds. The molecule has 3 atom stereocenters. The first-order valence-corrected chi connectivity index (χ1v) is 37.7. The molecule has 4 heterocycles. The summed E-state index contributed by atoms with van der Waals surface area (Å²) in [6.07, 6.45) is 11.3. The fourth-order valence-corrected chi connectivity index (χ4v) is 16.5. The largest absolute Gasteiger partial charge is 0.495 e. The molecule has 99 heavy (non-hydrogen) atoms. The van der Waals surface area contributed by atoms with Gasteiger partial charge in [-0.2, -0.15) is 0 Å². The fourth-order valence-electron chi connectivity index (χ4n) is 11.9. The number of amidine groups is 2. The van der Waals surface area contributed by atoms with Crippen LogP contribution in [0.4, 0.5) is 32.3 Å². The molecule has 2 saturated heterocycles. The van der Waals surface area contributed by atoms with E-state index in [-0.39, 0.29) is 61.4 Å². The van der Waals surface area contributed by atoms with Crippen molar-refractivity contribution in [2.24, 2.45) is 9.98 Å². The fraction of sp³-hybridized carbons (Fsp3) is 0.449. The molecule has 534 valence electrons. The maximum Gasteiger partial charge on any atom is 0.330 e. The van der Waals surface area contributed by atoms with Crippen LogP contribution in [0, 0.1) is 13.8 Å². The Kier molecular flexibility index (Phi) is 25.5. The van der Waals surface area contributed by atoms with Gasteiger partial charge in [-0.05, 0) is 133 Å². The summed E-state index contributed by atoms with van der Waals surface area (Å²) in [5.41, 5.74) is 1.06. The number of amides is 8. The molecule has 4 aliphatic heterocycles. The minimum atomic E-state index is -4.32. The Morgan fingerprint density at radius 1 is 0.677 bits per heavy atom. The molecule has 0 aliphatic carbocycles. The molecule has 4 aliphatic rings. The number of rotatable bonds is 31. The number of urea groups is 2. The van der Waals surface area contributed by atoms with Crippen LogP contribution in [0.15, 0.2) is 134 Å². The number of nitrogens with zero attached hydrogens (tertiary/aromatic N) is 7. The summed E-state index contributed by atoms with van der Waals surface area (Å²) >= 11 is 6.44. The van der Waals surface area contributed by atoms with Gasteiger partial charge < -0.3 is 30.2 Å². The molecule has 4 N–H and O–H groups in total. The molecular formula is C69H88ClN11O15S3. The third-order valence-corrected chi connectivity index (χ3v) is 22.6. The van der Waals surface area contributed by atoms with Crippen LogP contribution in [0.1, 0.15) is 129 Å². The number of unbranched alkanes of at least 4 members (excludes halogenated alkanes) is 11. The Hall–Kier alpha value is -8.48. The number of methoxy groups -OCH3 is 2. The molecule has 9 rings (SSSR count). The summed E-state index contributed by atoms with van der Waals surface area (Å²) < 4.78 is 104. The number of halogens is 1. The maximum absolute atomic E-state index is 14.3. The van der Waals surface area contributed by atoms with Gasteiger partial charge in [-0.25, -0.2) is 63.7 Å². The van der Waals surface area contributed by atoms with E-state index in [9.17, 15) is 54.0 Å². The average Bonchev–Trinajstić information content (AvgIpc) is 1.71. The number of carbonyl (C=O) groups is 6. The lowest BCUT2D eigenvalue weighted by atomic mass is 10.1. The predicted molar refractivity (Wildman–Crippen MR) is 377 cm³/mol. The lowest BCUT2D eigenvalue weighted by molar-refractivity contribution is -0.141. The molecular weight excluding hydrogens is 1350 g/mol. The average molecular weight is 1440 g/mol. The highest BCUT2D eigenvalue weighted by Gasteiger charge is 2.56. The quantitative estimate of drug-likeness (QED) is 0.0237. The van der Waals surface area contributed by atoms with E-state index >= 15 is 0 Å². The van der Waals surface area contributed by atoms with Gasteiger partial charge >= 0.3 is 12.1 Å². The van der Waals surface area contributed by atoms with Crippen LogP contribution in [0.2, 0.25) is 5.02 Å². The van der Waals surface area contributed by atoms with Crippen molar-refractivity contribution in [1.82, 2.24) is 33.3 Å². The van der Waals surface area contributed by atoms with E-state index in [2.05, 4.69) is 37.6 Å². The normalized spacial score (nSPS) is 17.4. The summed E-state index contributed by atoms with van der Waals surface area (Å²) in [5, 5.41) is 7.81. The van der Waals surface area contributed by atoms with Crippen LogP contribution < -0.4 is 30.1 Å². The predicted octanol–water partition coefficient (Wildman–Crippen LogP) is 10.8. The summed E-state index contributed by atoms with van der Waals surface area (Å²) in [4.78, 5) is 93.7. The van der Waals surface area contributed by atoms with Gasteiger partial charge in [0.15, 0.2) is 23.8 Å². The van der Waals surface area contributed by atoms with Crippen LogP contribution in [-0.2, 0) is 54.0 Å². The third kappa shape index (κ3) is 17.4. The highest BCUT2D eigenvalue weighted by Crippen LogP contribution is 2.39. The highest BCUT2D eigenvalue weighted by atomic mass is 35.5. The third-order valence-electron chi connectivity index (χ3n) is 17.0. The molecule has 0 spiro atoms. The zero-order valence-corrected chi connectivity index (χ0v) is 60.6. The molecule has 0 saturated carbocycles. The van der Waals surface area contributed by atoms with Crippen LogP contribution in [0.25, 0.3) is 0 Å². The first-order valence-electron chi connectivity index (χ1n) is 33.0. The zero-order chi connectivity index (χ0) is 72.1. The van der Waals surface area contributed by atoms with Crippen molar-refractivity contribution in [3.63, 3.8) is 0 Å². The van der Waals surface area contributed by atoms with Gasteiger partial charge in [0.2, 0.25) is 16.3 Å². The Labute approximate surface area is 585 Å². The van der Waals surface area contributed by atoms with Gasteiger partial charge in [0.1, 0.15) is 26.8 Å². The van der Waals surface area contributed by atoms with Crippen molar-refractivity contribution in [2.75, 3.05) is 51.6 Å². The molecule has 2 fully saturated rings. The highest BCUT2D eigenvalue weighted by molar-refractivity contribution is 7.90. The first kappa shape index (κ1) is 76.3. The number of likely N-dealkylation sites (N-methyl/N-ethyl adjacent to an activating group) is 1. The second-order valence-electron chi connectivity index (χ2n) is 25.2. The molecule has 0 radical (unpaired) electrons. The number of aliphatic imine (C=N–C) groups is 2. The van der Waals surface area contributed by atoms with Crippen LogP contribution in [0.3, 0.4) is 0 Å². The molecule has 5 aromatic carbocycles. The number of sulfonamides is 3. The maximum atomic E-state index is 14.3. The first-order chi connectivity index (χ1) is 47.0. The molecule has 26 nitrogen and oxygen atoms in total. The van der Waals surface area contributed by atoms with E-state index in [1.54, 1.807) is 56.3 Å². The van der Waals surface area contributed by atoms with Crippen LogP contribution in [-0.4, -0.2) is 167 Å². The SMILES string of the molecule is CCCCCCCCCCCCNS(=O)(=O)c1ccc(Cl)c(NC(=O)C(C2=Nc3ccccc3S(=O)(=O)N2C(C)C)N2C(=O)C(OC)N(C)C2=O)c1.COc1ccccc1NC(=O)C(C1=Nc2ccccc2S(=O)(=O)N1CCCCCOc1ccc(C)cc1C)N1C(=O)NC(C)(C)C1=O. The van der Waals surface area contributed by atoms with E-state index < -0.39 is 101 Å². The van der Waals surface area contributed by atoms with Crippen molar-refractivity contribution in [3.05, 3.63) is 125 Å². The second-order valence-corrected chi connectivity index (χ2v) is 30.9. The van der Waals surface area contributed by atoms with Gasteiger partial charge in [-0.1, -0.05) is 130 Å². The number of carbonyl (C=O) groups excluding carboxylic acids is 6. The number of hydrogen-bond acceptors (Lipinski definition) is 17. The molecule has 3 unspecified atom stereocenters. The van der Waals surface area contributed by atoms with E-state index in [0.717, 1.165) is 60.6 Å². The van der Waals surface area contributed by atoms with Crippen molar-refractivity contribution in [2.45, 2.75) is 177 Å². The number of anilines is 2. The molecule has 30 heteroatoms. The van der Waals surface area contributed by atoms with Gasteiger partial charge in [0.05, 0.1) is 46.4 Å². The summed E-state index contributed by atoms with van der Waals surface area (Å²) in [7, 11) is -8.64. The number of para-hydroxylation sites is 4. The number of hydrogen-bond donors (Lipinski definition) is 4. The number of imide groups is 2. The number of ether oxygens (including phenoxy) is 3. The lowest BCUT2D eigenvalue weighted by Crippen LogP contribution is -2.60. The topological polar surface area (TPSA) is 322 Å². The lowest BCUT2D eigenvalue weighted by Gasteiger charge is -2.37. The summed E-state index contributed by atoms with van der Waals surface area (Å²) in [5.74, 6) is -3.10. The Morgan fingerprint density at radius 3 is 1.83 bits per heavy atom. The summed E-state index contributed by atoms with van der Waals surface area (Å²) in [6.45, 7) is 12.9. The summed E-state index contributed by atoms with van der Waals surface area (Å²) in [6, 6.07) is 22.1. The zero-order valence-electron chi connectivity index (χ0n) is 57.4. The number of benzene rings is 5. The van der Waals surface area contributed by atoms with Crippen molar-refractivity contribution in [3.8, 4) is 11.5 Å². The number of fused-ring (bicyclic) bond motifs is 2. The smallest absolute Gasteiger partial charge is 0.330 e. The van der Waals surface area contributed by atoms with Crippen LogP contribution in [0.5, 0.6) is 11.5 Å². The Bertz CT molecular complexity index is 4250. The second kappa shape index (κ2) is 33.1. The Balaban J connectivity index is 0.000000253. The van der Waals surface area contributed by atoms with Crippen LogP contribution >= 0.6 is 11.6 Å². The van der Waals surface area contributed by atoms with E-state index in [0.29, 0.717) is 42.9 Å². The van der Waals surface area contributed by atoms with E-state index in [1.807, 2.05) is 32.0 Å². The number of aryl methyl sites for hydroxylation is 2. The standard InChI is InChI=1S/C35H49ClN6O8S2.C34H39N5O7S/c1-6-7-8-9-10-11-12-13-14-17-22-37-51(46,47)25-20-21-26(36)28(23-25)39-32(43)30(41-33(44)34(50-5)40(4)35(41)45)31-38-27-18-15-16-19-29(27)52(48,49)42(31)24(2)3;1-22-17-18-26(23(2)21-22)46-20-12-6-11-19-38-30(35-25-14-8-10-16-28(25)47(38,43)44)29(39-32(41)34(3,4)37-33(39)42)31(40)36-24-13-7-9-15-27(24)45-5/h15-16,18-21,23-24,30,34,37H,6-14,17,22H2,1-5H3,(H,39,43);7-10,13-18,21,29H,6,11-12,19-20H2,1-5H3,(H,36,40)(H,37,42). The van der Waals surface area contributed by atoms with E-state index in [4.69, 9.17) is 25.8 Å². The van der Waals surface area contributed by atoms with Gasteiger partial charge in [0, 0.05) is 33.3 Å². The minimum Gasteiger partial charge on any atom is -0.495 e. The van der Waals surface area contributed by atoms with Gasteiger partial charge in [-0.3, -0.25) is 28.4 Å². The van der Waals surface area contributed by atoms with E-state index in [1.165, 1.54) is 116 Å². The monoisotopic (exact) mass is 1440 g/mol. The minimum absolute atomic E-state index is 0.00236. The van der Waals surface area contributed by atoms with Gasteiger partial charge in [0.25, 0.3) is 43.7 Å². The van der Waals surface area contributed by atoms with Crippen molar-refractivity contribution in [1.29, 1.82) is 0 Å². The molecule has 5 aromatic rings. The number of nitrogens with one attached hydrogen (secondary N) is 4. The van der Waals surface area contributed by atoms with Crippen molar-refractivity contribution >= 4 is 112 Å².